The number of hydrogen-bond acceptors (Lipinski definition) is 2. The Bertz CT molecular complexity index is 153. The van der Waals surface area contributed by atoms with Crippen LogP contribution in [0, 0.1) is 5.92 Å². The molecule has 0 fully saturated rings. The van der Waals surface area contributed by atoms with Crippen LogP contribution in [0.2, 0.25) is 0 Å². The highest BCUT2D eigenvalue weighted by Crippen LogP contribution is 2.30. The standard InChI is InChI=1S/C8H15NO/c1-6(2)8(4)7(3)10-5-9-8/h5-7H,1-4H3/t7?,8-/m0/s1. The van der Waals surface area contributed by atoms with Crippen molar-refractivity contribution >= 4 is 6.40 Å². The van der Waals surface area contributed by atoms with E-state index in [-0.39, 0.29) is 11.6 Å². The molecule has 1 rings (SSSR count). The van der Waals surface area contributed by atoms with Gasteiger partial charge in [0.25, 0.3) is 0 Å². The van der Waals surface area contributed by atoms with Gasteiger partial charge in [-0.15, -0.1) is 0 Å². The molecule has 0 spiro atoms. The van der Waals surface area contributed by atoms with Gasteiger partial charge >= 0.3 is 0 Å². The second kappa shape index (κ2) is 2.26. The van der Waals surface area contributed by atoms with E-state index >= 15 is 0 Å². The molecule has 2 nitrogen and oxygen atoms in total. The molecule has 1 unspecified atom stereocenters. The fraction of sp³-hybridized carbons (Fsp3) is 0.875. The number of aliphatic imine (C=N–C) groups is 1. The van der Waals surface area contributed by atoms with Crippen LogP contribution in [-0.2, 0) is 4.74 Å². The summed E-state index contributed by atoms with van der Waals surface area (Å²) in [4.78, 5) is 4.30. The summed E-state index contributed by atoms with van der Waals surface area (Å²) in [5.41, 5.74) is 0. The molecular weight excluding hydrogens is 126 g/mol. The van der Waals surface area contributed by atoms with Crippen LogP contribution in [-0.4, -0.2) is 18.0 Å². The highest BCUT2D eigenvalue weighted by atomic mass is 16.5. The smallest absolute Gasteiger partial charge is 0.170 e. The van der Waals surface area contributed by atoms with Crippen LogP contribution in [0.4, 0.5) is 0 Å². The van der Waals surface area contributed by atoms with Crippen molar-refractivity contribution in [3.63, 3.8) is 0 Å². The molecule has 0 saturated heterocycles. The van der Waals surface area contributed by atoms with E-state index in [2.05, 4.69) is 32.7 Å². The van der Waals surface area contributed by atoms with E-state index in [9.17, 15) is 0 Å². The van der Waals surface area contributed by atoms with Crippen LogP contribution in [0.1, 0.15) is 27.7 Å². The Kier molecular flexibility index (Phi) is 1.71. The number of hydrogen-bond donors (Lipinski definition) is 0. The van der Waals surface area contributed by atoms with Gasteiger partial charge < -0.3 is 4.74 Å². The number of ether oxygens (including phenoxy) is 1. The fourth-order valence-electron chi connectivity index (χ4n) is 1.10. The maximum absolute atomic E-state index is 5.24. The minimum Gasteiger partial charge on any atom is -0.478 e. The van der Waals surface area contributed by atoms with E-state index in [0.717, 1.165) is 0 Å². The van der Waals surface area contributed by atoms with Crippen LogP contribution < -0.4 is 0 Å². The van der Waals surface area contributed by atoms with Crippen molar-refractivity contribution in [3.8, 4) is 0 Å². The summed E-state index contributed by atoms with van der Waals surface area (Å²) in [6.07, 6.45) is 1.80. The molecule has 2 heteroatoms. The first kappa shape index (κ1) is 7.58. The van der Waals surface area contributed by atoms with E-state index < -0.39 is 0 Å². The highest BCUT2D eigenvalue weighted by molar-refractivity contribution is 5.51. The molecule has 2 atom stereocenters. The number of nitrogens with zero attached hydrogens (tertiary/aromatic N) is 1. The molecule has 0 aromatic carbocycles. The average molecular weight is 141 g/mol. The average Bonchev–Trinajstić information content (AvgIpc) is 2.15. The molecule has 0 bridgehead atoms. The topological polar surface area (TPSA) is 21.6 Å². The van der Waals surface area contributed by atoms with Gasteiger partial charge in [0.15, 0.2) is 6.40 Å². The molecule has 0 saturated carbocycles. The molecule has 0 aliphatic carbocycles. The maximum atomic E-state index is 5.24. The van der Waals surface area contributed by atoms with Crippen LogP contribution in [0.5, 0.6) is 0 Å². The van der Waals surface area contributed by atoms with E-state index in [0.29, 0.717) is 5.92 Å². The summed E-state index contributed by atoms with van der Waals surface area (Å²) < 4.78 is 5.24. The summed E-state index contributed by atoms with van der Waals surface area (Å²) in [6.45, 7) is 8.53. The predicted molar refractivity (Wildman–Crippen MR) is 42.3 cm³/mol. The first-order valence-corrected chi connectivity index (χ1v) is 3.76. The zero-order valence-electron chi connectivity index (χ0n) is 7.09. The third kappa shape index (κ3) is 0.917. The lowest BCUT2D eigenvalue weighted by Crippen LogP contribution is -2.37. The Morgan fingerprint density at radius 1 is 1.60 bits per heavy atom. The molecule has 0 aromatic heterocycles. The van der Waals surface area contributed by atoms with Gasteiger partial charge in [0, 0.05) is 0 Å². The zero-order chi connectivity index (χ0) is 7.78. The monoisotopic (exact) mass is 141 g/mol. The lowest BCUT2D eigenvalue weighted by molar-refractivity contribution is 0.137. The second-order valence-electron chi connectivity index (χ2n) is 3.39. The summed E-state index contributed by atoms with van der Waals surface area (Å²) >= 11 is 0. The van der Waals surface area contributed by atoms with Crippen molar-refractivity contribution in [2.75, 3.05) is 0 Å². The van der Waals surface area contributed by atoms with Crippen molar-refractivity contribution < 1.29 is 4.74 Å². The van der Waals surface area contributed by atoms with Gasteiger partial charge in [-0.3, -0.25) is 0 Å². The van der Waals surface area contributed by atoms with Crippen molar-refractivity contribution in [2.24, 2.45) is 10.9 Å². The lowest BCUT2D eigenvalue weighted by atomic mass is 9.85. The van der Waals surface area contributed by atoms with Gasteiger partial charge in [0.05, 0.1) is 5.54 Å². The normalized spacial score (nSPS) is 38.7. The number of rotatable bonds is 1. The fourth-order valence-corrected chi connectivity index (χ4v) is 1.10. The van der Waals surface area contributed by atoms with Crippen LogP contribution in [0.15, 0.2) is 4.99 Å². The minimum atomic E-state index is 0. The summed E-state index contributed by atoms with van der Waals surface area (Å²) in [5.74, 6) is 0.543. The molecular formula is C8H15NO. The Hall–Kier alpha value is -0.530. The van der Waals surface area contributed by atoms with Crippen molar-refractivity contribution in [1.29, 1.82) is 0 Å². The summed E-state index contributed by atoms with van der Waals surface area (Å²) in [6, 6.07) is 0. The first-order valence-electron chi connectivity index (χ1n) is 3.76. The van der Waals surface area contributed by atoms with Gasteiger partial charge in [-0.1, -0.05) is 13.8 Å². The van der Waals surface area contributed by atoms with Crippen LogP contribution in [0.25, 0.3) is 0 Å². The zero-order valence-corrected chi connectivity index (χ0v) is 7.09. The van der Waals surface area contributed by atoms with Gasteiger partial charge in [-0.2, -0.15) is 0 Å². The lowest BCUT2D eigenvalue weighted by Gasteiger charge is -2.28. The Labute approximate surface area is 62.3 Å². The van der Waals surface area contributed by atoms with Crippen molar-refractivity contribution in [2.45, 2.75) is 39.3 Å². The molecule has 1 aliphatic rings. The molecule has 1 heterocycles. The molecule has 10 heavy (non-hydrogen) atoms. The van der Waals surface area contributed by atoms with Gasteiger partial charge in [0.2, 0.25) is 0 Å². The Balaban J connectivity index is 2.75. The molecule has 0 aromatic rings. The molecule has 0 amide bonds. The minimum absolute atomic E-state index is 0. The molecule has 1 aliphatic heterocycles. The molecule has 0 radical (unpaired) electrons. The molecule has 0 N–H and O–H groups in total. The first-order chi connectivity index (χ1) is 4.57. The Morgan fingerprint density at radius 3 is 2.40 bits per heavy atom. The SMILES string of the molecule is CC(C)[C@]1(C)N=COC1C. The summed E-state index contributed by atoms with van der Waals surface area (Å²) in [5, 5.41) is 0. The summed E-state index contributed by atoms with van der Waals surface area (Å²) in [7, 11) is 0. The predicted octanol–water partition coefficient (Wildman–Crippen LogP) is 1.85. The molecule has 58 valence electrons. The second-order valence-corrected chi connectivity index (χ2v) is 3.39. The quantitative estimate of drug-likeness (QED) is 0.546. The van der Waals surface area contributed by atoms with Gasteiger partial charge in [-0.25, -0.2) is 4.99 Å². The highest BCUT2D eigenvalue weighted by Gasteiger charge is 2.38. The third-order valence-corrected chi connectivity index (χ3v) is 2.59. The van der Waals surface area contributed by atoms with Crippen LogP contribution in [0.3, 0.4) is 0 Å². The van der Waals surface area contributed by atoms with Crippen molar-refractivity contribution in [1.82, 2.24) is 0 Å². The van der Waals surface area contributed by atoms with Gasteiger partial charge in [0.1, 0.15) is 6.10 Å². The Morgan fingerprint density at radius 2 is 2.20 bits per heavy atom. The maximum Gasteiger partial charge on any atom is 0.170 e. The van der Waals surface area contributed by atoms with Crippen LogP contribution >= 0.6 is 0 Å². The largest absolute Gasteiger partial charge is 0.478 e. The van der Waals surface area contributed by atoms with E-state index in [1.807, 2.05) is 0 Å². The van der Waals surface area contributed by atoms with E-state index in [1.54, 1.807) is 6.40 Å². The van der Waals surface area contributed by atoms with Crippen molar-refractivity contribution in [3.05, 3.63) is 0 Å². The van der Waals surface area contributed by atoms with Gasteiger partial charge in [-0.05, 0) is 19.8 Å². The van der Waals surface area contributed by atoms with E-state index in [1.165, 1.54) is 0 Å². The van der Waals surface area contributed by atoms with E-state index in [4.69, 9.17) is 4.74 Å². The third-order valence-electron chi connectivity index (χ3n) is 2.59.